The van der Waals surface area contributed by atoms with Crippen molar-refractivity contribution in [3.8, 4) is 11.5 Å². The number of hydrogen-bond acceptors (Lipinski definition) is 6. The first-order chi connectivity index (χ1) is 9.35. The molecule has 0 bridgehead atoms. The highest BCUT2D eigenvalue weighted by Gasteiger charge is 2.17. The summed E-state index contributed by atoms with van der Waals surface area (Å²) in [5.41, 5.74) is 0.702. The molecule has 112 valence electrons. The lowest BCUT2D eigenvalue weighted by Gasteiger charge is -2.17. The highest BCUT2D eigenvalue weighted by atomic mass is 32.2. The molecule has 0 radical (unpaired) electrons. The van der Waals surface area contributed by atoms with Crippen molar-refractivity contribution in [2.45, 2.75) is 19.1 Å². The van der Waals surface area contributed by atoms with Gasteiger partial charge in [-0.3, -0.25) is 0 Å². The van der Waals surface area contributed by atoms with E-state index in [9.17, 15) is 13.5 Å². The highest BCUT2D eigenvalue weighted by molar-refractivity contribution is 7.90. The minimum Gasteiger partial charge on any atom is -0.454 e. The molecule has 0 saturated carbocycles. The summed E-state index contributed by atoms with van der Waals surface area (Å²) < 4.78 is 32.8. The Morgan fingerprint density at radius 3 is 2.75 bits per heavy atom. The van der Waals surface area contributed by atoms with Crippen molar-refractivity contribution in [2.75, 3.05) is 25.3 Å². The van der Waals surface area contributed by atoms with E-state index in [1.165, 1.54) is 6.26 Å². The van der Waals surface area contributed by atoms with Crippen LogP contribution < -0.4 is 14.8 Å². The van der Waals surface area contributed by atoms with Crippen LogP contribution in [0.5, 0.6) is 11.5 Å². The summed E-state index contributed by atoms with van der Waals surface area (Å²) >= 11 is 0. The monoisotopic (exact) mass is 301 g/mol. The van der Waals surface area contributed by atoms with Crippen molar-refractivity contribution in [3.05, 3.63) is 23.8 Å². The van der Waals surface area contributed by atoms with Gasteiger partial charge in [0.15, 0.2) is 11.5 Å². The maximum atomic E-state index is 11.2. The van der Waals surface area contributed by atoms with E-state index < -0.39 is 15.9 Å². The zero-order valence-electron chi connectivity index (χ0n) is 11.5. The first-order valence-electron chi connectivity index (χ1n) is 6.34. The molecule has 1 aromatic carbocycles. The average molecular weight is 301 g/mol. The Hall–Kier alpha value is -1.31. The lowest BCUT2D eigenvalue weighted by molar-refractivity contribution is 0.168. The summed E-state index contributed by atoms with van der Waals surface area (Å²) in [6.45, 7) is 2.24. The Kier molecular flexibility index (Phi) is 4.52. The number of sulfone groups is 1. The van der Waals surface area contributed by atoms with Crippen LogP contribution in [0.25, 0.3) is 0 Å². The number of aliphatic hydroxyl groups is 1. The number of benzene rings is 1. The van der Waals surface area contributed by atoms with Gasteiger partial charge in [0.05, 0.1) is 11.9 Å². The fourth-order valence-corrected chi connectivity index (χ4v) is 3.09. The highest BCUT2D eigenvalue weighted by Crippen LogP contribution is 2.34. The number of fused-ring (bicyclic) bond motifs is 1. The fraction of sp³-hybridized carbons (Fsp3) is 0.538. The molecule has 2 atom stereocenters. The third-order valence-electron chi connectivity index (χ3n) is 2.99. The van der Waals surface area contributed by atoms with Crippen LogP contribution in [0.4, 0.5) is 0 Å². The normalized spacial score (nSPS) is 16.9. The zero-order valence-corrected chi connectivity index (χ0v) is 12.3. The third kappa shape index (κ3) is 4.09. The van der Waals surface area contributed by atoms with Crippen molar-refractivity contribution in [1.29, 1.82) is 0 Å². The van der Waals surface area contributed by atoms with Gasteiger partial charge in [-0.2, -0.15) is 0 Å². The molecule has 1 aromatic rings. The van der Waals surface area contributed by atoms with Gasteiger partial charge in [-0.05, 0) is 24.6 Å². The molecule has 7 heteroatoms. The molecule has 1 aliphatic rings. The molecular formula is C13H19NO5S. The summed E-state index contributed by atoms with van der Waals surface area (Å²) in [6.07, 6.45) is 0.464. The van der Waals surface area contributed by atoms with Crippen LogP contribution in [-0.4, -0.2) is 44.9 Å². The summed E-state index contributed by atoms with van der Waals surface area (Å²) in [6, 6.07) is 5.03. The van der Waals surface area contributed by atoms with Crippen molar-refractivity contribution >= 4 is 9.84 Å². The van der Waals surface area contributed by atoms with Crippen LogP contribution in [0.2, 0.25) is 0 Å². The van der Waals surface area contributed by atoms with Crippen molar-refractivity contribution in [2.24, 2.45) is 0 Å². The molecule has 2 N–H and O–H groups in total. The quantitative estimate of drug-likeness (QED) is 0.794. The van der Waals surface area contributed by atoms with Gasteiger partial charge in [0.25, 0.3) is 0 Å². The molecule has 0 spiro atoms. The molecule has 2 unspecified atom stereocenters. The maximum Gasteiger partial charge on any atom is 0.231 e. The zero-order chi connectivity index (χ0) is 14.8. The van der Waals surface area contributed by atoms with Gasteiger partial charge in [-0.25, -0.2) is 8.42 Å². The predicted molar refractivity (Wildman–Crippen MR) is 74.7 cm³/mol. The number of ether oxygens (including phenoxy) is 2. The van der Waals surface area contributed by atoms with Gasteiger partial charge < -0.3 is 19.9 Å². The van der Waals surface area contributed by atoms with E-state index in [0.29, 0.717) is 17.1 Å². The summed E-state index contributed by atoms with van der Waals surface area (Å²) in [7, 11) is -3.02. The van der Waals surface area contributed by atoms with E-state index in [4.69, 9.17) is 9.47 Å². The van der Waals surface area contributed by atoms with Crippen molar-refractivity contribution < 1.29 is 23.0 Å². The number of rotatable bonds is 6. The van der Waals surface area contributed by atoms with Crippen LogP contribution in [0.15, 0.2) is 18.2 Å². The van der Waals surface area contributed by atoms with Gasteiger partial charge in [0.2, 0.25) is 6.79 Å². The second-order valence-corrected chi connectivity index (χ2v) is 7.22. The summed E-state index contributed by atoms with van der Waals surface area (Å²) in [5.74, 6) is 1.33. The molecule has 1 heterocycles. The largest absolute Gasteiger partial charge is 0.454 e. The minimum atomic E-state index is -3.02. The van der Waals surface area contributed by atoms with Crippen LogP contribution in [0, 0.1) is 0 Å². The van der Waals surface area contributed by atoms with Gasteiger partial charge in [0.1, 0.15) is 9.84 Å². The smallest absolute Gasteiger partial charge is 0.231 e. The molecule has 0 aliphatic carbocycles. The van der Waals surface area contributed by atoms with Crippen LogP contribution in [0.1, 0.15) is 18.6 Å². The molecule has 0 saturated heterocycles. The molecule has 6 nitrogen and oxygen atoms in total. The molecule has 2 rings (SSSR count). The van der Waals surface area contributed by atoms with Crippen molar-refractivity contribution in [1.82, 2.24) is 5.32 Å². The predicted octanol–water partition coefficient (Wildman–Crippen LogP) is 0.471. The number of hydrogen-bond donors (Lipinski definition) is 2. The molecular weight excluding hydrogens is 282 g/mol. The molecule has 0 fully saturated rings. The minimum absolute atomic E-state index is 0.0425. The third-order valence-corrected chi connectivity index (χ3v) is 4.10. The Labute approximate surface area is 118 Å². The SMILES string of the molecule is CC(CS(C)(=O)=O)NCC(O)c1ccc2c(c1)OCO2. The van der Waals surface area contributed by atoms with Crippen LogP contribution in [0.3, 0.4) is 0 Å². The average Bonchev–Trinajstić information content (AvgIpc) is 2.80. The molecule has 20 heavy (non-hydrogen) atoms. The lowest BCUT2D eigenvalue weighted by Crippen LogP contribution is -2.35. The first kappa shape index (κ1) is 15.1. The van der Waals surface area contributed by atoms with Gasteiger partial charge in [0, 0.05) is 18.8 Å². The van der Waals surface area contributed by atoms with Crippen LogP contribution in [-0.2, 0) is 9.84 Å². The van der Waals surface area contributed by atoms with E-state index in [0.717, 1.165) is 0 Å². The van der Waals surface area contributed by atoms with Crippen LogP contribution >= 0.6 is 0 Å². The summed E-state index contributed by atoms with van der Waals surface area (Å²) in [4.78, 5) is 0. The topological polar surface area (TPSA) is 84.9 Å². The van der Waals surface area contributed by atoms with Crippen molar-refractivity contribution in [3.63, 3.8) is 0 Å². The molecule has 1 aliphatic heterocycles. The van der Waals surface area contributed by atoms with E-state index in [-0.39, 0.29) is 25.1 Å². The number of aliphatic hydroxyl groups excluding tert-OH is 1. The first-order valence-corrected chi connectivity index (χ1v) is 8.40. The Morgan fingerprint density at radius 1 is 1.35 bits per heavy atom. The van der Waals surface area contributed by atoms with Gasteiger partial charge in [-0.15, -0.1) is 0 Å². The fourth-order valence-electron chi connectivity index (χ4n) is 2.06. The van der Waals surface area contributed by atoms with E-state index in [2.05, 4.69) is 5.32 Å². The van der Waals surface area contributed by atoms with E-state index in [1.54, 1.807) is 25.1 Å². The maximum absolute atomic E-state index is 11.2. The number of nitrogens with one attached hydrogen (secondary N) is 1. The Balaban J connectivity index is 1.90. The second-order valence-electron chi connectivity index (χ2n) is 5.03. The Bertz CT molecular complexity index is 572. The van der Waals surface area contributed by atoms with E-state index in [1.807, 2.05) is 0 Å². The Morgan fingerprint density at radius 2 is 2.05 bits per heavy atom. The molecule has 0 amide bonds. The van der Waals surface area contributed by atoms with Gasteiger partial charge in [-0.1, -0.05) is 6.07 Å². The van der Waals surface area contributed by atoms with E-state index >= 15 is 0 Å². The second kappa shape index (κ2) is 5.99. The standard InChI is InChI=1S/C13H19NO5S/c1-9(7-20(2,16)17)14-6-11(15)10-3-4-12-13(5-10)19-8-18-12/h3-5,9,11,14-15H,6-8H2,1-2H3. The molecule has 0 aromatic heterocycles. The lowest BCUT2D eigenvalue weighted by atomic mass is 10.1. The van der Waals surface area contributed by atoms with Gasteiger partial charge >= 0.3 is 0 Å². The summed E-state index contributed by atoms with van der Waals surface area (Å²) in [5, 5.41) is 13.1.